The lowest BCUT2D eigenvalue weighted by Crippen LogP contribution is -2.47. The Balaban J connectivity index is 2.04. The number of hydrogen-bond donors (Lipinski definition) is 1. The summed E-state index contributed by atoms with van der Waals surface area (Å²) in [6.45, 7) is 4.48. The maximum atomic E-state index is 11.6. The van der Waals surface area contributed by atoms with E-state index in [0.717, 1.165) is 44.5 Å². The van der Waals surface area contributed by atoms with Gasteiger partial charge in [0.15, 0.2) is 0 Å². The van der Waals surface area contributed by atoms with Crippen LogP contribution in [0.1, 0.15) is 38.3 Å². The van der Waals surface area contributed by atoms with Crippen LogP contribution in [0.2, 0.25) is 0 Å². The van der Waals surface area contributed by atoms with Gasteiger partial charge in [-0.25, -0.2) is 4.98 Å². The van der Waals surface area contributed by atoms with Crippen molar-refractivity contribution in [3.63, 3.8) is 0 Å². The molecule has 1 aliphatic rings. The molecule has 1 aliphatic heterocycles. The molecule has 0 aromatic carbocycles. The van der Waals surface area contributed by atoms with Gasteiger partial charge in [0.05, 0.1) is 16.6 Å². The van der Waals surface area contributed by atoms with Gasteiger partial charge in [0.1, 0.15) is 0 Å². The van der Waals surface area contributed by atoms with Gasteiger partial charge in [-0.15, -0.1) is 11.3 Å². The van der Waals surface area contributed by atoms with E-state index in [1.54, 1.807) is 11.3 Å². The van der Waals surface area contributed by atoms with Crippen molar-refractivity contribution in [2.24, 2.45) is 5.41 Å². The summed E-state index contributed by atoms with van der Waals surface area (Å²) < 4.78 is 0. The Morgan fingerprint density at radius 1 is 1.67 bits per heavy atom. The van der Waals surface area contributed by atoms with Crippen LogP contribution in [0.4, 0.5) is 0 Å². The van der Waals surface area contributed by atoms with Crippen molar-refractivity contribution >= 4 is 17.3 Å². The second kappa shape index (κ2) is 5.80. The Hall–Kier alpha value is -0.940. The Bertz CT molecular complexity index is 390. The second-order valence-electron chi connectivity index (χ2n) is 5.13. The monoisotopic (exact) mass is 268 g/mol. The summed E-state index contributed by atoms with van der Waals surface area (Å²) in [4.78, 5) is 18.1. The van der Waals surface area contributed by atoms with Gasteiger partial charge in [0.2, 0.25) is 0 Å². The summed E-state index contributed by atoms with van der Waals surface area (Å²) in [5.74, 6) is -0.632. The van der Waals surface area contributed by atoms with Crippen LogP contribution in [0, 0.1) is 5.41 Å². The van der Waals surface area contributed by atoms with Gasteiger partial charge in [0.25, 0.3) is 0 Å². The van der Waals surface area contributed by atoms with Crippen LogP contribution in [-0.4, -0.2) is 34.0 Å². The molecule has 1 aromatic heterocycles. The number of nitrogens with zero attached hydrogens (tertiary/aromatic N) is 2. The number of aliphatic carboxylic acids is 1. The molecule has 0 bridgehead atoms. The molecule has 5 heteroatoms. The normalized spacial score (nSPS) is 25.2. The van der Waals surface area contributed by atoms with Crippen LogP contribution in [-0.2, 0) is 11.3 Å². The van der Waals surface area contributed by atoms with Crippen molar-refractivity contribution in [2.75, 3.05) is 13.1 Å². The number of thiazole rings is 1. The van der Waals surface area contributed by atoms with Crippen LogP contribution in [0.3, 0.4) is 0 Å². The minimum absolute atomic E-state index is 0.539. The molecule has 4 nitrogen and oxygen atoms in total. The maximum Gasteiger partial charge on any atom is 0.310 e. The molecule has 1 unspecified atom stereocenters. The number of carboxylic acids is 1. The predicted molar refractivity (Wildman–Crippen MR) is 71.6 cm³/mol. The first-order chi connectivity index (χ1) is 8.66. The van der Waals surface area contributed by atoms with Crippen molar-refractivity contribution in [3.8, 4) is 0 Å². The van der Waals surface area contributed by atoms with Crippen molar-refractivity contribution < 1.29 is 9.90 Å². The third kappa shape index (κ3) is 2.90. The molecule has 0 radical (unpaired) electrons. The van der Waals surface area contributed by atoms with Crippen LogP contribution < -0.4 is 0 Å². The van der Waals surface area contributed by atoms with E-state index in [2.05, 4.69) is 16.8 Å². The molecule has 0 amide bonds. The molecule has 1 fully saturated rings. The molecule has 1 aromatic rings. The van der Waals surface area contributed by atoms with E-state index in [1.807, 2.05) is 10.9 Å². The molecule has 0 saturated carbocycles. The van der Waals surface area contributed by atoms with Gasteiger partial charge in [-0.05, 0) is 25.8 Å². The Morgan fingerprint density at radius 3 is 3.11 bits per heavy atom. The first-order valence-electron chi connectivity index (χ1n) is 6.49. The zero-order valence-electron chi connectivity index (χ0n) is 10.8. The molecule has 1 saturated heterocycles. The quantitative estimate of drug-likeness (QED) is 0.892. The van der Waals surface area contributed by atoms with Crippen molar-refractivity contribution in [1.82, 2.24) is 9.88 Å². The van der Waals surface area contributed by atoms with E-state index < -0.39 is 11.4 Å². The van der Waals surface area contributed by atoms with E-state index in [-0.39, 0.29) is 0 Å². The summed E-state index contributed by atoms with van der Waals surface area (Å²) in [5, 5.41) is 11.6. The molecule has 18 heavy (non-hydrogen) atoms. The Labute approximate surface area is 112 Å². The number of carboxylic acid groups (broad SMARTS) is 1. The molecule has 100 valence electrons. The minimum atomic E-state index is -0.632. The molecule has 0 spiro atoms. The van der Waals surface area contributed by atoms with Gasteiger partial charge < -0.3 is 5.11 Å². The van der Waals surface area contributed by atoms with Crippen molar-refractivity contribution in [3.05, 3.63) is 16.6 Å². The topological polar surface area (TPSA) is 53.4 Å². The summed E-state index contributed by atoms with van der Waals surface area (Å²) in [5.41, 5.74) is 2.34. The zero-order chi connectivity index (χ0) is 13.0. The number of rotatable bonds is 5. The number of likely N-dealkylation sites (tertiary alicyclic amines) is 1. The summed E-state index contributed by atoms with van der Waals surface area (Å²) in [6.07, 6.45) is 3.48. The fourth-order valence-electron chi connectivity index (χ4n) is 2.87. The minimum Gasteiger partial charge on any atom is -0.481 e. The maximum absolute atomic E-state index is 11.6. The van der Waals surface area contributed by atoms with E-state index >= 15 is 0 Å². The first kappa shape index (κ1) is 13.5. The largest absolute Gasteiger partial charge is 0.481 e. The molecule has 2 heterocycles. The van der Waals surface area contributed by atoms with Crippen LogP contribution in [0.5, 0.6) is 0 Å². The van der Waals surface area contributed by atoms with Gasteiger partial charge in [-0.3, -0.25) is 9.69 Å². The third-order valence-corrected chi connectivity index (χ3v) is 4.34. The molecular weight excluding hydrogens is 248 g/mol. The fourth-order valence-corrected chi connectivity index (χ4v) is 3.42. The summed E-state index contributed by atoms with van der Waals surface area (Å²) in [6, 6.07) is 0. The smallest absolute Gasteiger partial charge is 0.310 e. The number of aromatic nitrogens is 1. The molecule has 1 N–H and O–H groups in total. The van der Waals surface area contributed by atoms with E-state index in [0.29, 0.717) is 6.54 Å². The number of hydrogen-bond acceptors (Lipinski definition) is 4. The van der Waals surface area contributed by atoms with E-state index in [1.165, 1.54) is 0 Å². The van der Waals surface area contributed by atoms with Crippen molar-refractivity contribution in [2.45, 2.75) is 39.2 Å². The Kier molecular flexibility index (Phi) is 4.35. The second-order valence-corrected chi connectivity index (χ2v) is 5.85. The zero-order valence-corrected chi connectivity index (χ0v) is 11.6. The fraction of sp³-hybridized carbons (Fsp3) is 0.692. The lowest BCUT2D eigenvalue weighted by atomic mass is 9.76. The van der Waals surface area contributed by atoms with Crippen LogP contribution >= 0.6 is 11.3 Å². The Morgan fingerprint density at radius 2 is 2.50 bits per heavy atom. The first-order valence-corrected chi connectivity index (χ1v) is 7.43. The van der Waals surface area contributed by atoms with E-state index in [9.17, 15) is 9.90 Å². The molecule has 1 atom stereocenters. The predicted octanol–water partition coefficient (Wildman–Crippen LogP) is 2.61. The lowest BCUT2D eigenvalue weighted by molar-refractivity contribution is -0.153. The number of piperidine rings is 1. The van der Waals surface area contributed by atoms with Crippen LogP contribution in [0.15, 0.2) is 10.9 Å². The average molecular weight is 268 g/mol. The standard InChI is InChI=1S/C13H20N2O2S/c1-2-4-13(12(16)17)5-3-6-15(9-13)7-11-8-18-10-14-11/h8,10H,2-7,9H2,1H3,(H,16,17). The molecule has 2 rings (SSSR count). The highest BCUT2D eigenvalue weighted by Crippen LogP contribution is 2.35. The van der Waals surface area contributed by atoms with E-state index in [4.69, 9.17) is 0 Å². The van der Waals surface area contributed by atoms with Gasteiger partial charge in [0, 0.05) is 18.5 Å². The van der Waals surface area contributed by atoms with Crippen molar-refractivity contribution in [1.29, 1.82) is 0 Å². The highest BCUT2D eigenvalue weighted by atomic mass is 32.1. The third-order valence-electron chi connectivity index (χ3n) is 3.71. The molecular formula is C13H20N2O2S. The highest BCUT2D eigenvalue weighted by Gasteiger charge is 2.41. The highest BCUT2D eigenvalue weighted by molar-refractivity contribution is 7.07. The SMILES string of the molecule is CCCC1(C(=O)O)CCCN(Cc2cscn2)C1. The van der Waals surface area contributed by atoms with Gasteiger partial charge >= 0.3 is 5.97 Å². The van der Waals surface area contributed by atoms with Crippen LogP contribution in [0.25, 0.3) is 0 Å². The van der Waals surface area contributed by atoms with Gasteiger partial charge in [-0.2, -0.15) is 0 Å². The molecule has 0 aliphatic carbocycles. The summed E-state index contributed by atoms with van der Waals surface area (Å²) >= 11 is 1.59. The summed E-state index contributed by atoms with van der Waals surface area (Å²) in [7, 11) is 0. The average Bonchev–Trinajstić information content (AvgIpc) is 2.82. The lowest BCUT2D eigenvalue weighted by Gasteiger charge is -2.39. The van der Waals surface area contributed by atoms with Gasteiger partial charge in [-0.1, -0.05) is 13.3 Å². The number of carbonyl (C=O) groups is 1.